The first kappa shape index (κ1) is 27.8. The lowest BCUT2D eigenvalue weighted by Crippen LogP contribution is -2.57. The van der Waals surface area contributed by atoms with Gasteiger partial charge in [0.25, 0.3) is 0 Å². The molecule has 0 amide bonds. The SMILES string of the molecule is CO[C@@H]1[C@@H](n2cc(-c3ccc(Br)c(F)c3F)nn2)[C@@H](O)[C@@H](CO)O[C@@H]1Cn1cc(C23CCC(N)(CC2)CC3)nn1. The van der Waals surface area contributed by atoms with Crippen LogP contribution in [-0.4, -0.2) is 83.9 Å². The second-order valence-corrected chi connectivity index (χ2v) is 12.2. The van der Waals surface area contributed by atoms with Crippen LogP contribution in [0.3, 0.4) is 0 Å². The molecule has 11 nitrogen and oxygen atoms in total. The molecule has 2 bridgehead atoms. The minimum atomic E-state index is -1.22. The smallest absolute Gasteiger partial charge is 0.173 e. The summed E-state index contributed by atoms with van der Waals surface area (Å²) in [5.41, 5.74) is 7.36. The van der Waals surface area contributed by atoms with Crippen molar-refractivity contribution >= 4 is 15.9 Å². The van der Waals surface area contributed by atoms with Crippen molar-refractivity contribution in [2.24, 2.45) is 5.73 Å². The number of halogens is 3. The molecule has 3 aliphatic carbocycles. The quantitative estimate of drug-likeness (QED) is 0.337. The number of aromatic nitrogens is 6. The van der Waals surface area contributed by atoms with Crippen LogP contribution in [0.4, 0.5) is 8.78 Å². The number of aliphatic hydroxyl groups is 2. The van der Waals surface area contributed by atoms with Crippen molar-refractivity contribution in [3.8, 4) is 11.3 Å². The highest BCUT2D eigenvalue weighted by Gasteiger charge is 2.50. The van der Waals surface area contributed by atoms with Gasteiger partial charge in [-0.1, -0.05) is 10.4 Å². The van der Waals surface area contributed by atoms with Gasteiger partial charge in [-0.15, -0.1) is 10.2 Å². The summed E-state index contributed by atoms with van der Waals surface area (Å²) in [6.45, 7) is -0.207. The third-order valence-electron chi connectivity index (χ3n) is 9.12. The van der Waals surface area contributed by atoms with Crippen molar-refractivity contribution in [2.75, 3.05) is 13.7 Å². The fourth-order valence-electron chi connectivity index (χ4n) is 6.60. The first-order valence-electron chi connectivity index (χ1n) is 13.4. The molecule has 5 atom stereocenters. The number of hydrogen-bond donors (Lipinski definition) is 3. The van der Waals surface area contributed by atoms with Crippen molar-refractivity contribution in [3.63, 3.8) is 0 Å². The highest BCUT2D eigenvalue weighted by Crippen LogP contribution is 2.52. The monoisotopic (exact) mass is 623 g/mol. The van der Waals surface area contributed by atoms with Gasteiger partial charge in [0.05, 0.1) is 29.5 Å². The predicted molar refractivity (Wildman–Crippen MR) is 141 cm³/mol. The molecule has 7 rings (SSSR count). The number of fused-ring (bicyclic) bond motifs is 3. The normalized spacial score (nSPS) is 33.9. The summed E-state index contributed by atoms with van der Waals surface area (Å²) in [7, 11) is 1.48. The molecule has 4 aliphatic rings. The molecule has 1 saturated heterocycles. The predicted octanol–water partition coefficient (Wildman–Crippen LogP) is 2.26. The zero-order valence-electron chi connectivity index (χ0n) is 22.0. The van der Waals surface area contributed by atoms with Gasteiger partial charge in [-0.2, -0.15) is 0 Å². The van der Waals surface area contributed by atoms with Crippen LogP contribution >= 0.6 is 15.9 Å². The van der Waals surface area contributed by atoms with Crippen molar-refractivity contribution < 1.29 is 28.5 Å². The van der Waals surface area contributed by atoms with E-state index in [-0.39, 0.29) is 33.2 Å². The molecule has 2 aromatic heterocycles. The summed E-state index contributed by atoms with van der Waals surface area (Å²) in [6.07, 6.45) is 5.69. The lowest BCUT2D eigenvalue weighted by atomic mass is 9.56. The van der Waals surface area contributed by atoms with E-state index >= 15 is 0 Å². The number of nitrogens with two attached hydrogens (primary N) is 1. The minimum Gasteiger partial charge on any atom is -0.394 e. The first-order chi connectivity index (χ1) is 19.2. The molecule has 0 radical (unpaired) electrons. The number of benzene rings is 1. The highest BCUT2D eigenvalue weighted by molar-refractivity contribution is 9.10. The van der Waals surface area contributed by atoms with E-state index in [0.717, 1.165) is 44.2 Å². The molecule has 0 unspecified atom stereocenters. The summed E-state index contributed by atoms with van der Waals surface area (Å²) in [4.78, 5) is 0. The van der Waals surface area contributed by atoms with E-state index in [1.807, 2.05) is 6.20 Å². The van der Waals surface area contributed by atoms with Gasteiger partial charge >= 0.3 is 0 Å². The van der Waals surface area contributed by atoms with Crippen LogP contribution < -0.4 is 5.73 Å². The summed E-state index contributed by atoms with van der Waals surface area (Å²) in [5, 5.41) is 38.1. The molecule has 40 heavy (non-hydrogen) atoms. The largest absolute Gasteiger partial charge is 0.394 e. The standard InChI is InChI=1S/C26H32BrF2N7O4/c1-39-24-17(11-35-12-19(32-33-35)25-4-7-26(30,8-5-25)9-6-25)40-18(13-37)23(38)22(24)36-10-16(31-34-36)14-2-3-15(27)21(29)20(14)28/h2-3,10,12,17-18,22-24,37-38H,4-9,11,13,30H2,1H3/t17-,18-,22+,23+,24+,25?,26?/m1/s1. The van der Waals surface area contributed by atoms with E-state index in [0.29, 0.717) is 0 Å². The summed E-state index contributed by atoms with van der Waals surface area (Å²) < 4.78 is 43.7. The molecule has 0 spiro atoms. The summed E-state index contributed by atoms with van der Waals surface area (Å²) in [6, 6.07) is 1.92. The average molecular weight is 624 g/mol. The molecular weight excluding hydrogens is 592 g/mol. The third kappa shape index (κ3) is 4.68. The zero-order chi connectivity index (χ0) is 28.2. The van der Waals surface area contributed by atoms with E-state index in [4.69, 9.17) is 15.2 Å². The van der Waals surface area contributed by atoms with Crippen LogP contribution in [0, 0.1) is 11.6 Å². The van der Waals surface area contributed by atoms with Gasteiger partial charge in [0.15, 0.2) is 11.6 Å². The van der Waals surface area contributed by atoms with Crippen LogP contribution in [0.25, 0.3) is 11.3 Å². The third-order valence-corrected chi connectivity index (χ3v) is 9.73. The number of nitrogens with zero attached hydrogens (tertiary/aromatic N) is 6. The molecule has 3 saturated carbocycles. The minimum absolute atomic E-state index is 0.00981. The van der Waals surface area contributed by atoms with E-state index in [1.54, 1.807) is 4.68 Å². The van der Waals surface area contributed by atoms with Crippen molar-refractivity contribution in [2.45, 2.75) is 86.5 Å². The zero-order valence-corrected chi connectivity index (χ0v) is 23.5. The molecule has 4 N–H and O–H groups in total. The number of methoxy groups -OCH3 is 1. The Morgan fingerprint density at radius 1 is 1.07 bits per heavy atom. The van der Waals surface area contributed by atoms with Crippen LogP contribution in [0.15, 0.2) is 29.0 Å². The fourth-order valence-corrected chi connectivity index (χ4v) is 6.90. The van der Waals surface area contributed by atoms with Crippen molar-refractivity contribution in [1.82, 2.24) is 30.0 Å². The van der Waals surface area contributed by atoms with Gasteiger partial charge in [0.1, 0.15) is 36.2 Å². The molecule has 14 heteroatoms. The number of aliphatic hydroxyl groups excluding tert-OH is 2. The maximum Gasteiger partial charge on any atom is 0.173 e. The Bertz CT molecular complexity index is 1360. The Labute approximate surface area is 237 Å². The molecule has 1 aliphatic heterocycles. The lowest BCUT2D eigenvalue weighted by Gasteiger charge is -2.50. The Morgan fingerprint density at radius 2 is 1.80 bits per heavy atom. The van der Waals surface area contributed by atoms with Crippen LogP contribution in [0.5, 0.6) is 0 Å². The highest BCUT2D eigenvalue weighted by atomic mass is 79.9. The van der Waals surface area contributed by atoms with Crippen LogP contribution in [-0.2, 0) is 21.4 Å². The Hall–Kier alpha value is -2.36. The number of hydrogen-bond acceptors (Lipinski definition) is 9. The Balaban J connectivity index is 1.26. The second-order valence-electron chi connectivity index (χ2n) is 11.4. The van der Waals surface area contributed by atoms with Gasteiger partial charge < -0.3 is 25.4 Å². The topological polar surface area (TPSA) is 146 Å². The van der Waals surface area contributed by atoms with Gasteiger partial charge in [-0.25, -0.2) is 18.1 Å². The van der Waals surface area contributed by atoms with E-state index in [1.165, 1.54) is 30.1 Å². The molecular formula is C26H32BrF2N7O4. The molecule has 3 heterocycles. The van der Waals surface area contributed by atoms with Gasteiger partial charge in [-0.05, 0) is 66.6 Å². The first-order valence-corrected chi connectivity index (χ1v) is 14.2. The van der Waals surface area contributed by atoms with Crippen molar-refractivity contribution in [1.29, 1.82) is 0 Å². The van der Waals surface area contributed by atoms with Gasteiger partial charge in [0, 0.05) is 29.8 Å². The molecule has 4 fully saturated rings. The lowest BCUT2D eigenvalue weighted by molar-refractivity contribution is -0.216. The average Bonchev–Trinajstić information content (AvgIpc) is 3.63. The van der Waals surface area contributed by atoms with Gasteiger partial charge in [0.2, 0.25) is 0 Å². The Morgan fingerprint density at radius 3 is 2.48 bits per heavy atom. The fraction of sp³-hybridized carbons (Fsp3) is 0.615. The van der Waals surface area contributed by atoms with E-state index in [2.05, 4.69) is 36.6 Å². The van der Waals surface area contributed by atoms with Crippen LogP contribution in [0.2, 0.25) is 0 Å². The number of rotatable bonds is 7. The van der Waals surface area contributed by atoms with E-state index in [9.17, 15) is 19.0 Å². The van der Waals surface area contributed by atoms with Gasteiger partial charge in [-0.3, -0.25) is 0 Å². The second kappa shape index (κ2) is 10.5. The van der Waals surface area contributed by atoms with Crippen LogP contribution in [0.1, 0.15) is 50.3 Å². The molecule has 1 aromatic carbocycles. The number of ether oxygens (including phenoxy) is 2. The van der Waals surface area contributed by atoms with E-state index < -0.39 is 48.7 Å². The summed E-state index contributed by atoms with van der Waals surface area (Å²) >= 11 is 2.97. The van der Waals surface area contributed by atoms with Crippen molar-refractivity contribution in [3.05, 3.63) is 46.3 Å². The molecule has 216 valence electrons. The Kier molecular flexibility index (Phi) is 7.28. The summed E-state index contributed by atoms with van der Waals surface area (Å²) in [5.74, 6) is -2.11. The maximum absolute atomic E-state index is 14.6. The molecule has 3 aromatic rings. The maximum atomic E-state index is 14.6.